The van der Waals surface area contributed by atoms with Crippen molar-refractivity contribution in [2.45, 2.75) is 58.8 Å². The van der Waals surface area contributed by atoms with Crippen LogP contribution < -0.4 is 112 Å². The van der Waals surface area contributed by atoms with Crippen molar-refractivity contribution >= 4 is 163 Å². The summed E-state index contributed by atoms with van der Waals surface area (Å²) in [6, 6.07) is 25.0. The van der Waals surface area contributed by atoms with Gasteiger partial charge in [0.15, 0.2) is 91.7 Å². The molecular formula is C82H88BBr5N13NaO25. The minimum absolute atomic E-state index is 0. The van der Waals surface area contributed by atoms with Gasteiger partial charge in [-0.25, -0.2) is 29.5 Å². The molecule has 17 rings (SSSR count). The second-order valence-electron chi connectivity index (χ2n) is 26.5. The Bertz CT molecular complexity index is 5700. The summed E-state index contributed by atoms with van der Waals surface area (Å²) < 4.78 is 52.0. The van der Waals surface area contributed by atoms with Gasteiger partial charge in [-0.2, -0.15) is 5.26 Å². The maximum atomic E-state index is 12.7. The third kappa shape index (κ3) is 29.1. The van der Waals surface area contributed by atoms with Gasteiger partial charge in [0.05, 0.1) is 47.1 Å². The van der Waals surface area contributed by atoms with Gasteiger partial charge in [-0.3, -0.25) is 37.9 Å². The van der Waals surface area contributed by atoms with E-state index in [4.69, 9.17) is 80.4 Å². The fraction of sp³-hybridized carbons (Fsp3) is 0.305. The number of pyridine rings is 2. The summed E-state index contributed by atoms with van der Waals surface area (Å²) in [4.78, 5) is 120. The zero-order chi connectivity index (χ0) is 91.7. The number of benzene rings is 6. The van der Waals surface area contributed by atoms with Crippen LogP contribution in [-0.2, 0) is 44.6 Å². The zero-order valence-corrected chi connectivity index (χ0v) is 79.4. The summed E-state index contributed by atoms with van der Waals surface area (Å²) >= 11 is 15.7. The molecule has 0 atom stereocenters. The fourth-order valence-electron chi connectivity index (χ4n) is 12.3. The molecule has 4 aromatic heterocycles. The van der Waals surface area contributed by atoms with E-state index in [9.17, 15) is 53.5 Å². The van der Waals surface area contributed by atoms with Gasteiger partial charge in [-0.15, -0.1) is 52.2 Å². The maximum absolute atomic E-state index is 12.7. The number of hydrogen-bond acceptors (Lipinski definition) is 33. The van der Waals surface area contributed by atoms with Gasteiger partial charge in [-0.1, -0.05) is 45.7 Å². The van der Waals surface area contributed by atoms with Crippen LogP contribution in [-0.4, -0.2) is 183 Å². The molecule has 0 fully saturated rings. The molecule has 0 saturated carbocycles. The zero-order valence-electron chi connectivity index (χ0n) is 69.5. The Balaban J connectivity index is 0.000000258. The molecule has 0 bridgehead atoms. The number of carbonyl (C=O) groups is 6. The van der Waals surface area contributed by atoms with E-state index >= 15 is 0 Å². The molecule has 45 heteroatoms. The number of nitrogens with two attached hydrogens (primary N) is 4. The third-order valence-corrected chi connectivity index (χ3v) is 19.9. The van der Waals surface area contributed by atoms with Crippen LogP contribution in [0.2, 0.25) is 0 Å². The summed E-state index contributed by atoms with van der Waals surface area (Å²) in [5.41, 5.74) is 25.7. The first-order valence-electron chi connectivity index (χ1n) is 37.7. The number of fused-ring (bicyclic) bond motifs is 12. The Morgan fingerprint density at radius 1 is 0.559 bits per heavy atom. The van der Waals surface area contributed by atoms with E-state index in [1.807, 2.05) is 32.0 Å². The van der Waals surface area contributed by atoms with Crippen LogP contribution in [0.3, 0.4) is 0 Å². The van der Waals surface area contributed by atoms with Gasteiger partial charge in [0, 0.05) is 119 Å². The van der Waals surface area contributed by atoms with E-state index in [2.05, 4.69) is 120 Å². The van der Waals surface area contributed by atoms with Gasteiger partial charge < -0.3 is 107 Å². The average Bonchev–Trinajstić information content (AvgIpc) is 1.74. The molecular weight excluding hydrogens is 2000 g/mol. The minimum Gasteiger partial charge on any atom is -0.870 e. The van der Waals surface area contributed by atoms with Crippen LogP contribution in [0.25, 0.3) is 21.5 Å². The number of amides is 1. The summed E-state index contributed by atoms with van der Waals surface area (Å²) in [7, 11) is 6.22. The molecule has 15 N–H and O–H groups in total. The predicted octanol–water partition coefficient (Wildman–Crippen LogP) is 8.82. The normalized spacial score (nSPS) is 12.7. The molecule has 10 aromatic rings. The van der Waals surface area contributed by atoms with E-state index in [-0.39, 0.29) is 119 Å². The second kappa shape index (κ2) is 52.6. The molecule has 0 unspecified atom stereocenters. The number of aromatic nitrogens is 6. The first-order valence-corrected chi connectivity index (χ1v) is 42.7. The van der Waals surface area contributed by atoms with Crippen LogP contribution in [0.5, 0.6) is 69.0 Å². The van der Waals surface area contributed by atoms with Crippen molar-refractivity contribution in [1.82, 2.24) is 29.1 Å². The molecule has 127 heavy (non-hydrogen) atoms. The Morgan fingerprint density at radius 2 is 0.961 bits per heavy atom. The number of carboxylic acids is 2. The molecule has 8 heterocycles. The first kappa shape index (κ1) is 106. The molecule has 0 radical (unpaired) electrons. The van der Waals surface area contributed by atoms with Gasteiger partial charge in [0.2, 0.25) is 11.9 Å². The van der Waals surface area contributed by atoms with Gasteiger partial charge >= 0.3 is 44.7 Å². The Labute approximate surface area is 790 Å². The molecule has 0 spiro atoms. The van der Waals surface area contributed by atoms with E-state index in [0.29, 0.717) is 193 Å². The molecule has 7 aliphatic rings. The maximum Gasteiger partial charge on any atom is 1.00 e. The number of nitrogen functional groups attached to an aromatic ring is 3. The van der Waals surface area contributed by atoms with Crippen LogP contribution >= 0.6 is 79.1 Å². The minimum atomic E-state index is -1.07. The number of aromatic hydroxyl groups is 3. The number of phenols is 3. The standard InChI is InChI=1S/C17H15N5O4.C12H12N2O3.C11H9NO4.C11H10O3.C10H10O3.C9H8O3.C5H5N3O2.C4H9NO2.C2H4Br2.CH5N.BBr3.Na.H2O/c1-22-13(21-15(23)9-7-19-17(18)20-8-9)6-11-10(16(22)24)2-3-12-14(11)26-5-4-25-12;1-14-10(13)6-8-7(12(14)15)2-3-9-11(8)17-5-4-16-9;12-4-3-7-8(11(13)14)1-2-9-10(7)16-6-5-15-9;12-9-3-1-8-7(9)2-4-10-11(8)14-6-5-13-10;1-13-10-7-3-4-8(11)6(7)2-5-9(10)12;10-7-3-2-6-5(7)1-4-8(11)9(6)12;6-5-7-1-3(2-8-5)4(9)10;1-4(2)3-7-5-6;3-1-2-4;1-2;2-1(3)4;;/h2-3,6-8H,4-5H2,1H3,(H,21,23)(H2,18,19,20);2-3,6H,4-5,13H2,1H3;1-2H,3,5-6H2,(H,13,14);2,4H,1,3,5-6H2;2,5,12H,3-4H2,1H3;1,4,11-12H,2-3H2;1-2H,(H,9,10)(H2,6,7,8);4H,3H2,1-2H3;1-2H2;2H2,1H3;;;1H2/q;;;;;;;;;;;+1;/p-1. The number of anilines is 4. The Kier molecular flexibility index (Phi) is 44.0. The molecule has 1 amide bonds. The number of ketones is 3. The van der Waals surface area contributed by atoms with Crippen LogP contribution in [0.4, 0.5) is 23.5 Å². The number of nitrogens with zero attached hydrogens (tertiary/aromatic N) is 8. The number of nitrogens with one attached hydrogen (secondary N) is 1. The predicted molar refractivity (Wildman–Crippen MR) is 485 cm³/mol. The number of aromatic carboxylic acids is 2. The summed E-state index contributed by atoms with van der Waals surface area (Å²) in [6.07, 6.45) is 8.51. The average molecular weight is 2090 g/mol. The van der Waals surface area contributed by atoms with Crippen molar-refractivity contribution in [2.75, 3.05) is 107 Å². The van der Waals surface area contributed by atoms with Crippen molar-refractivity contribution in [3.8, 4) is 75.1 Å². The number of nitriles is 1. The largest absolute Gasteiger partial charge is 1.00 e. The third-order valence-electron chi connectivity index (χ3n) is 18.0. The summed E-state index contributed by atoms with van der Waals surface area (Å²) in [5, 5.41) is 63.3. The first-order chi connectivity index (χ1) is 59.9. The van der Waals surface area contributed by atoms with Crippen molar-refractivity contribution in [3.05, 3.63) is 191 Å². The monoisotopic (exact) mass is 2080 g/mol. The number of phenolic OH excluding ortho intramolecular Hbond substituents is 3. The Hall–Kier alpha value is -11.4. The van der Waals surface area contributed by atoms with E-state index < -0.39 is 17.8 Å². The van der Waals surface area contributed by atoms with E-state index in [0.717, 1.165) is 57.7 Å². The van der Waals surface area contributed by atoms with Gasteiger partial charge in [0.1, 0.15) is 71.1 Å². The van der Waals surface area contributed by atoms with Crippen LogP contribution in [0.1, 0.15) is 118 Å². The van der Waals surface area contributed by atoms with Crippen molar-refractivity contribution in [3.63, 3.8) is 0 Å². The number of carbonyl (C=O) groups excluding carboxylic acids is 4. The number of halogens is 5. The molecule has 670 valence electrons. The number of carboxylic acid groups (broad SMARTS) is 2. The summed E-state index contributed by atoms with van der Waals surface area (Å²) in [6.45, 7) is 8.16. The van der Waals surface area contributed by atoms with Crippen LogP contribution in [0.15, 0.2) is 125 Å². The van der Waals surface area contributed by atoms with Gasteiger partial charge in [0.25, 0.3) is 17.0 Å². The molecule has 38 nitrogen and oxygen atoms in total. The van der Waals surface area contributed by atoms with Crippen molar-refractivity contribution in [1.29, 1.82) is 5.26 Å². The number of methoxy groups -OCH3 is 1. The van der Waals surface area contributed by atoms with E-state index in [1.54, 1.807) is 68.7 Å². The molecule has 3 aliphatic carbocycles. The van der Waals surface area contributed by atoms with Crippen molar-refractivity contribution < 1.29 is 137 Å². The van der Waals surface area contributed by atoms with E-state index in [1.165, 1.54) is 53.9 Å². The van der Waals surface area contributed by atoms with Crippen LogP contribution in [0, 0.1) is 22.2 Å². The SMILES string of the molecule is BrB(Br)Br.BrCCBr.CC(C)CON=O.CN.COc1c(O)ccc2c1CCC2=O.Cn1c(N)cc2c3c(ccc2c1=O)OCCO3.Cn1c(NC(=O)c2cnc(N)nc2)cc2c3c(ccc2c1=O)OCCO3.N#CCc1c(C(=O)O)ccc2c1OCCO2.Nc1ncc(C(=O)O)cn1.O=C1CCc2c1ccc(O)c2O.O=C1CCc2c1ccc1c2OCCO1.[Na+].[OH-]. The second-order valence-corrected chi connectivity index (χ2v) is 34.5. The quantitative estimate of drug-likeness (QED) is 0.0201. The number of ether oxygens (including phenoxy) is 9. The van der Waals surface area contributed by atoms with Gasteiger partial charge in [-0.05, 0) is 117 Å². The summed E-state index contributed by atoms with van der Waals surface area (Å²) in [5.74, 6) is 4.13. The smallest absolute Gasteiger partial charge is 0.870 e. The van der Waals surface area contributed by atoms with Crippen molar-refractivity contribution in [2.24, 2.45) is 31.1 Å². The Morgan fingerprint density at radius 3 is 1.43 bits per heavy atom. The molecule has 6 aromatic carbocycles. The number of hydrogen-bond donors (Lipinski definition) is 10. The fourth-order valence-corrected chi connectivity index (χ4v) is 12.3. The number of rotatable bonds is 10. The number of Topliss-reactive ketones (excluding diaryl/α,β-unsaturated/α-hetero) is 3. The topological polar surface area (TPSA) is 591 Å². The molecule has 4 aliphatic heterocycles. The molecule has 0 saturated heterocycles. The number of alkyl halides is 2.